The molecule has 0 saturated heterocycles. The summed E-state index contributed by atoms with van der Waals surface area (Å²) in [5.74, 6) is 0. The highest BCUT2D eigenvalue weighted by Crippen LogP contribution is 2.40. The van der Waals surface area contributed by atoms with E-state index in [-0.39, 0.29) is 0 Å². The van der Waals surface area contributed by atoms with Crippen LogP contribution in [0.4, 0.5) is 5.69 Å². The summed E-state index contributed by atoms with van der Waals surface area (Å²) in [7, 11) is 0. The Morgan fingerprint density at radius 2 is 1.70 bits per heavy atom. The third-order valence-corrected chi connectivity index (χ3v) is 3.61. The van der Waals surface area contributed by atoms with Gasteiger partial charge in [0, 0.05) is 16.3 Å². The van der Waals surface area contributed by atoms with Crippen LogP contribution < -0.4 is 5.73 Å². The van der Waals surface area contributed by atoms with E-state index in [9.17, 15) is 0 Å². The highest BCUT2D eigenvalue weighted by molar-refractivity contribution is 6.14. The molecule has 2 nitrogen and oxygen atoms in total. The quantitative estimate of drug-likeness (QED) is 0.642. The van der Waals surface area contributed by atoms with Crippen molar-refractivity contribution in [2.45, 2.75) is 13.8 Å². The number of nitrogen functional groups attached to an aromatic ring is 1. The van der Waals surface area contributed by atoms with Gasteiger partial charge in [0.25, 0.3) is 0 Å². The zero-order chi connectivity index (χ0) is 14.4. The van der Waals surface area contributed by atoms with Crippen LogP contribution in [0.1, 0.15) is 25.0 Å². The van der Waals surface area contributed by atoms with Crippen LogP contribution in [0, 0.1) is 0 Å². The number of para-hydroxylation sites is 1. The summed E-state index contributed by atoms with van der Waals surface area (Å²) < 4.78 is 5.96. The number of rotatable bonds is 2. The molecule has 0 atom stereocenters. The smallest absolute Gasteiger partial charge is 0.159 e. The van der Waals surface area contributed by atoms with Gasteiger partial charge in [-0.15, -0.1) is 0 Å². The Bertz CT molecular complexity index is 868. The van der Waals surface area contributed by atoms with Crippen molar-refractivity contribution in [1.29, 1.82) is 0 Å². The summed E-state index contributed by atoms with van der Waals surface area (Å²) in [6.45, 7) is 12.0. The van der Waals surface area contributed by atoms with Gasteiger partial charge in [-0.2, -0.15) is 0 Å². The maximum Gasteiger partial charge on any atom is 0.159 e. The standard InChI is InChI=1S/C18H17NO/c1-10(2)13-9-14(11(3)4)17(19)18-16(13)12-7-5-6-8-15(12)20-18/h5-9H,1,3,19H2,2,4H3. The van der Waals surface area contributed by atoms with Crippen LogP contribution in [-0.2, 0) is 0 Å². The normalized spacial score (nSPS) is 11.1. The van der Waals surface area contributed by atoms with Crippen molar-refractivity contribution in [3.63, 3.8) is 0 Å². The van der Waals surface area contributed by atoms with Gasteiger partial charge in [-0.25, -0.2) is 0 Å². The van der Waals surface area contributed by atoms with Crippen molar-refractivity contribution in [3.05, 3.63) is 54.6 Å². The molecule has 2 heteroatoms. The molecule has 0 aliphatic rings. The van der Waals surface area contributed by atoms with E-state index >= 15 is 0 Å². The Kier molecular flexibility index (Phi) is 2.68. The van der Waals surface area contributed by atoms with Crippen LogP contribution in [0.5, 0.6) is 0 Å². The van der Waals surface area contributed by atoms with E-state index in [4.69, 9.17) is 10.2 Å². The van der Waals surface area contributed by atoms with Crippen molar-refractivity contribution in [1.82, 2.24) is 0 Å². The number of benzene rings is 2. The van der Waals surface area contributed by atoms with Crippen LogP contribution >= 0.6 is 0 Å². The second-order valence-electron chi connectivity index (χ2n) is 5.25. The summed E-state index contributed by atoms with van der Waals surface area (Å²) in [6, 6.07) is 10.0. The minimum Gasteiger partial charge on any atom is -0.454 e. The molecule has 3 rings (SSSR count). The number of fused-ring (bicyclic) bond motifs is 3. The molecular weight excluding hydrogens is 246 g/mol. The van der Waals surface area contributed by atoms with Crippen LogP contribution in [0.25, 0.3) is 33.1 Å². The van der Waals surface area contributed by atoms with Crippen molar-refractivity contribution in [2.24, 2.45) is 0 Å². The van der Waals surface area contributed by atoms with Gasteiger partial charge in [-0.1, -0.05) is 36.9 Å². The Hall–Kier alpha value is -2.48. The maximum absolute atomic E-state index is 6.27. The third-order valence-electron chi connectivity index (χ3n) is 3.61. The van der Waals surface area contributed by atoms with Gasteiger partial charge in [0.1, 0.15) is 5.58 Å². The van der Waals surface area contributed by atoms with Gasteiger partial charge in [-0.3, -0.25) is 0 Å². The number of hydrogen-bond donors (Lipinski definition) is 1. The molecule has 0 spiro atoms. The second-order valence-corrected chi connectivity index (χ2v) is 5.25. The van der Waals surface area contributed by atoms with Crippen LogP contribution in [0.3, 0.4) is 0 Å². The first-order valence-corrected chi connectivity index (χ1v) is 6.56. The summed E-state index contributed by atoms with van der Waals surface area (Å²) in [5.41, 5.74) is 12.4. The molecule has 3 aromatic rings. The molecule has 0 amide bonds. The molecular formula is C18H17NO. The van der Waals surface area contributed by atoms with Gasteiger partial charge < -0.3 is 10.2 Å². The van der Waals surface area contributed by atoms with Crippen molar-refractivity contribution in [2.75, 3.05) is 5.73 Å². The second kappa shape index (κ2) is 4.27. The predicted molar refractivity (Wildman–Crippen MR) is 87.5 cm³/mol. The van der Waals surface area contributed by atoms with Gasteiger partial charge in [0.05, 0.1) is 5.69 Å². The highest BCUT2D eigenvalue weighted by Gasteiger charge is 2.17. The molecule has 0 bridgehead atoms. The Balaban J connectivity index is 2.59. The lowest BCUT2D eigenvalue weighted by atomic mass is 9.95. The lowest BCUT2D eigenvalue weighted by Crippen LogP contribution is -1.95. The van der Waals surface area contributed by atoms with Crippen molar-refractivity contribution in [3.8, 4) is 0 Å². The molecule has 1 aromatic heterocycles. The fourth-order valence-electron chi connectivity index (χ4n) is 2.61. The average Bonchev–Trinajstić information content (AvgIpc) is 2.78. The summed E-state index contributed by atoms with van der Waals surface area (Å²) in [5, 5.41) is 2.11. The number of hydrogen-bond acceptors (Lipinski definition) is 2. The number of furan rings is 1. The minimum absolute atomic E-state index is 0.647. The topological polar surface area (TPSA) is 39.2 Å². The lowest BCUT2D eigenvalue weighted by molar-refractivity contribution is 0.670. The van der Waals surface area contributed by atoms with Crippen molar-refractivity contribution < 1.29 is 4.42 Å². The van der Waals surface area contributed by atoms with E-state index in [1.54, 1.807) is 0 Å². The molecule has 20 heavy (non-hydrogen) atoms. The number of anilines is 1. The molecule has 0 saturated carbocycles. The molecule has 0 radical (unpaired) electrons. The third kappa shape index (κ3) is 1.65. The molecule has 1 heterocycles. The highest BCUT2D eigenvalue weighted by atomic mass is 16.3. The van der Waals surface area contributed by atoms with Gasteiger partial charge in [0.2, 0.25) is 0 Å². The zero-order valence-corrected chi connectivity index (χ0v) is 11.8. The van der Waals surface area contributed by atoms with E-state index in [2.05, 4.69) is 19.2 Å². The van der Waals surface area contributed by atoms with Crippen molar-refractivity contribution >= 4 is 38.8 Å². The van der Waals surface area contributed by atoms with Crippen LogP contribution in [0.2, 0.25) is 0 Å². The van der Waals surface area contributed by atoms with Gasteiger partial charge in [0.15, 0.2) is 5.58 Å². The molecule has 0 aliphatic carbocycles. The number of nitrogens with two attached hydrogens (primary N) is 1. The SMILES string of the molecule is C=C(C)c1cc(C(=C)C)c2c(oc3ccccc32)c1N. The molecule has 100 valence electrons. The largest absolute Gasteiger partial charge is 0.454 e. The molecule has 0 fully saturated rings. The first kappa shape index (κ1) is 12.5. The monoisotopic (exact) mass is 263 g/mol. The first-order valence-electron chi connectivity index (χ1n) is 6.56. The van der Waals surface area contributed by atoms with E-state index in [1.807, 2.05) is 38.1 Å². The predicted octanol–water partition coefficient (Wildman–Crippen LogP) is 5.23. The summed E-state index contributed by atoms with van der Waals surface area (Å²) in [4.78, 5) is 0. The van der Waals surface area contributed by atoms with E-state index in [0.29, 0.717) is 5.69 Å². The van der Waals surface area contributed by atoms with E-state index in [0.717, 1.165) is 44.2 Å². The Morgan fingerprint density at radius 1 is 1.05 bits per heavy atom. The maximum atomic E-state index is 6.27. The average molecular weight is 263 g/mol. The molecule has 2 aromatic carbocycles. The number of allylic oxidation sites excluding steroid dienone is 2. The Labute approximate surface area is 118 Å². The Morgan fingerprint density at radius 3 is 2.35 bits per heavy atom. The fourth-order valence-corrected chi connectivity index (χ4v) is 2.61. The summed E-state index contributed by atoms with van der Waals surface area (Å²) >= 11 is 0. The van der Waals surface area contributed by atoms with Gasteiger partial charge >= 0.3 is 0 Å². The van der Waals surface area contributed by atoms with E-state index in [1.165, 1.54) is 0 Å². The fraction of sp³-hybridized carbons (Fsp3) is 0.111. The van der Waals surface area contributed by atoms with Crippen LogP contribution in [0.15, 0.2) is 47.9 Å². The molecule has 2 N–H and O–H groups in total. The zero-order valence-electron chi connectivity index (χ0n) is 11.8. The molecule has 0 aliphatic heterocycles. The lowest BCUT2D eigenvalue weighted by Gasteiger charge is -2.10. The summed E-state index contributed by atoms with van der Waals surface area (Å²) in [6.07, 6.45) is 0. The van der Waals surface area contributed by atoms with E-state index < -0.39 is 0 Å². The molecule has 0 unspecified atom stereocenters. The minimum atomic E-state index is 0.647. The van der Waals surface area contributed by atoms with Gasteiger partial charge in [-0.05, 0) is 37.1 Å². The van der Waals surface area contributed by atoms with Crippen LogP contribution in [-0.4, -0.2) is 0 Å². The first-order chi connectivity index (χ1) is 9.50.